The van der Waals surface area contributed by atoms with Crippen molar-refractivity contribution in [1.29, 1.82) is 0 Å². The van der Waals surface area contributed by atoms with Gasteiger partial charge in [-0.05, 0) is 39.2 Å². The van der Waals surface area contributed by atoms with Gasteiger partial charge in [0.2, 0.25) is 11.8 Å². The minimum atomic E-state index is -0.0510. The van der Waals surface area contributed by atoms with E-state index in [-0.39, 0.29) is 23.8 Å². The summed E-state index contributed by atoms with van der Waals surface area (Å²) in [5.41, 5.74) is 5.45. The lowest BCUT2D eigenvalue weighted by atomic mass is 9.92. The Bertz CT molecular complexity index is 320. The fourth-order valence-corrected chi connectivity index (χ4v) is 2.60. The molecule has 0 saturated carbocycles. The number of hydrogen-bond donors (Lipinski definition) is 2. The average Bonchev–Trinajstić information content (AvgIpc) is 2.45. The SMILES string of the molecule is CCCCNC(=O)C1CCC(C)N(C(=O)CCCN)C1. The Hall–Kier alpha value is -1.10. The number of nitrogens with two attached hydrogens (primary N) is 1. The standard InChI is InChI=1S/C15H29N3O2/c1-3-4-10-17-15(20)13-8-7-12(2)18(11-13)14(19)6-5-9-16/h12-13H,3-11,16H2,1-2H3,(H,17,20). The number of carbonyl (C=O) groups is 2. The van der Waals surface area contributed by atoms with E-state index < -0.39 is 0 Å². The van der Waals surface area contributed by atoms with Crippen LogP contribution in [0.3, 0.4) is 0 Å². The molecule has 2 atom stereocenters. The van der Waals surface area contributed by atoms with Gasteiger partial charge in [0.1, 0.15) is 0 Å². The van der Waals surface area contributed by atoms with Crippen LogP contribution in [0.4, 0.5) is 0 Å². The first kappa shape index (κ1) is 17.0. The Morgan fingerprint density at radius 1 is 1.30 bits per heavy atom. The fourth-order valence-electron chi connectivity index (χ4n) is 2.60. The molecule has 20 heavy (non-hydrogen) atoms. The van der Waals surface area contributed by atoms with Gasteiger partial charge in [-0.15, -0.1) is 0 Å². The summed E-state index contributed by atoms with van der Waals surface area (Å²) in [7, 11) is 0. The molecule has 0 aromatic carbocycles. The van der Waals surface area contributed by atoms with Gasteiger partial charge in [0, 0.05) is 25.6 Å². The van der Waals surface area contributed by atoms with E-state index in [1.807, 2.05) is 4.90 Å². The summed E-state index contributed by atoms with van der Waals surface area (Å²) in [5.74, 6) is 0.181. The van der Waals surface area contributed by atoms with Gasteiger partial charge < -0.3 is 16.0 Å². The summed E-state index contributed by atoms with van der Waals surface area (Å²) < 4.78 is 0. The number of nitrogens with one attached hydrogen (secondary N) is 1. The van der Waals surface area contributed by atoms with Gasteiger partial charge >= 0.3 is 0 Å². The molecule has 0 bridgehead atoms. The molecule has 0 aromatic heterocycles. The Morgan fingerprint density at radius 3 is 2.70 bits per heavy atom. The molecule has 2 unspecified atom stereocenters. The molecule has 2 amide bonds. The van der Waals surface area contributed by atoms with E-state index in [0.717, 1.165) is 38.6 Å². The maximum absolute atomic E-state index is 12.1. The lowest BCUT2D eigenvalue weighted by molar-refractivity contribution is -0.138. The first-order valence-corrected chi connectivity index (χ1v) is 7.87. The lowest BCUT2D eigenvalue weighted by Crippen LogP contribution is -2.49. The van der Waals surface area contributed by atoms with Crippen LogP contribution in [0, 0.1) is 5.92 Å². The first-order chi connectivity index (χ1) is 9.60. The predicted molar refractivity (Wildman–Crippen MR) is 80.1 cm³/mol. The zero-order chi connectivity index (χ0) is 15.0. The largest absolute Gasteiger partial charge is 0.356 e. The maximum atomic E-state index is 12.1. The maximum Gasteiger partial charge on any atom is 0.224 e. The van der Waals surface area contributed by atoms with Crippen LogP contribution >= 0.6 is 0 Å². The molecule has 1 fully saturated rings. The second-order valence-electron chi connectivity index (χ2n) is 5.71. The van der Waals surface area contributed by atoms with Gasteiger partial charge in [-0.3, -0.25) is 9.59 Å². The average molecular weight is 283 g/mol. The van der Waals surface area contributed by atoms with Crippen molar-refractivity contribution in [3.8, 4) is 0 Å². The van der Waals surface area contributed by atoms with Gasteiger partial charge in [0.15, 0.2) is 0 Å². The van der Waals surface area contributed by atoms with E-state index in [0.29, 0.717) is 19.5 Å². The van der Waals surface area contributed by atoms with Crippen molar-refractivity contribution in [3.05, 3.63) is 0 Å². The molecule has 0 aromatic rings. The summed E-state index contributed by atoms with van der Waals surface area (Å²) >= 11 is 0. The number of rotatable bonds is 7. The predicted octanol–water partition coefficient (Wildman–Crippen LogP) is 1.27. The van der Waals surface area contributed by atoms with Crippen LogP contribution in [0.25, 0.3) is 0 Å². The number of hydrogen-bond acceptors (Lipinski definition) is 3. The third-order valence-corrected chi connectivity index (χ3v) is 4.00. The third kappa shape index (κ3) is 5.12. The molecule has 1 heterocycles. The summed E-state index contributed by atoms with van der Waals surface area (Å²) in [6, 6.07) is 0.236. The minimum Gasteiger partial charge on any atom is -0.356 e. The normalized spacial score (nSPS) is 22.6. The molecule has 116 valence electrons. The van der Waals surface area contributed by atoms with Gasteiger partial charge in [-0.2, -0.15) is 0 Å². The molecule has 0 radical (unpaired) electrons. The van der Waals surface area contributed by atoms with Crippen molar-refractivity contribution in [1.82, 2.24) is 10.2 Å². The van der Waals surface area contributed by atoms with Gasteiger partial charge in [-0.1, -0.05) is 13.3 Å². The van der Waals surface area contributed by atoms with Gasteiger partial charge in [0.25, 0.3) is 0 Å². The molecule has 0 aliphatic carbocycles. The number of likely N-dealkylation sites (tertiary alicyclic amines) is 1. The third-order valence-electron chi connectivity index (χ3n) is 4.00. The summed E-state index contributed by atoms with van der Waals surface area (Å²) in [5, 5.41) is 2.97. The zero-order valence-electron chi connectivity index (χ0n) is 12.9. The topological polar surface area (TPSA) is 75.4 Å². The highest BCUT2D eigenvalue weighted by Gasteiger charge is 2.31. The summed E-state index contributed by atoms with van der Waals surface area (Å²) in [4.78, 5) is 26.1. The highest BCUT2D eigenvalue weighted by atomic mass is 16.2. The Labute approximate surface area is 122 Å². The monoisotopic (exact) mass is 283 g/mol. The van der Waals surface area contributed by atoms with Crippen LogP contribution in [0.1, 0.15) is 52.4 Å². The van der Waals surface area contributed by atoms with Crippen LogP contribution in [-0.2, 0) is 9.59 Å². The number of piperidine rings is 1. The smallest absolute Gasteiger partial charge is 0.224 e. The highest BCUT2D eigenvalue weighted by molar-refractivity contribution is 5.81. The van der Waals surface area contributed by atoms with Crippen molar-refractivity contribution in [2.24, 2.45) is 11.7 Å². The summed E-state index contributed by atoms with van der Waals surface area (Å²) in [6.45, 7) is 6.00. The Morgan fingerprint density at radius 2 is 2.05 bits per heavy atom. The molecule has 3 N–H and O–H groups in total. The molecule has 1 rings (SSSR count). The second kappa shape index (κ2) is 8.95. The van der Waals surface area contributed by atoms with Crippen molar-refractivity contribution < 1.29 is 9.59 Å². The van der Waals surface area contributed by atoms with Gasteiger partial charge in [-0.25, -0.2) is 0 Å². The number of nitrogens with zero attached hydrogens (tertiary/aromatic N) is 1. The number of amides is 2. The van der Waals surface area contributed by atoms with E-state index in [9.17, 15) is 9.59 Å². The van der Waals surface area contributed by atoms with E-state index >= 15 is 0 Å². The zero-order valence-corrected chi connectivity index (χ0v) is 12.9. The number of unbranched alkanes of at least 4 members (excludes halogenated alkanes) is 1. The molecular formula is C15H29N3O2. The fraction of sp³-hybridized carbons (Fsp3) is 0.867. The molecule has 1 aliphatic heterocycles. The van der Waals surface area contributed by atoms with Crippen LogP contribution in [0.15, 0.2) is 0 Å². The van der Waals surface area contributed by atoms with Crippen molar-refractivity contribution >= 4 is 11.8 Å². The van der Waals surface area contributed by atoms with E-state index in [1.165, 1.54) is 0 Å². The van der Waals surface area contributed by atoms with Crippen LogP contribution < -0.4 is 11.1 Å². The Balaban J connectivity index is 2.47. The summed E-state index contributed by atoms with van der Waals surface area (Å²) in [6.07, 6.45) is 5.07. The molecule has 1 aliphatic rings. The van der Waals surface area contributed by atoms with Crippen LogP contribution in [-0.4, -0.2) is 42.4 Å². The van der Waals surface area contributed by atoms with Crippen molar-refractivity contribution in [2.45, 2.75) is 58.4 Å². The highest BCUT2D eigenvalue weighted by Crippen LogP contribution is 2.23. The van der Waals surface area contributed by atoms with Crippen LogP contribution in [0.5, 0.6) is 0 Å². The molecular weight excluding hydrogens is 254 g/mol. The molecule has 5 nitrogen and oxygen atoms in total. The van der Waals surface area contributed by atoms with E-state index in [1.54, 1.807) is 0 Å². The van der Waals surface area contributed by atoms with Crippen LogP contribution in [0.2, 0.25) is 0 Å². The van der Waals surface area contributed by atoms with Crippen molar-refractivity contribution in [2.75, 3.05) is 19.6 Å². The lowest BCUT2D eigenvalue weighted by Gasteiger charge is -2.37. The quantitative estimate of drug-likeness (QED) is 0.691. The van der Waals surface area contributed by atoms with Crippen molar-refractivity contribution in [3.63, 3.8) is 0 Å². The van der Waals surface area contributed by atoms with E-state index in [4.69, 9.17) is 5.73 Å². The first-order valence-electron chi connectivity index (χ1n) is 7.87. The number of carbonyl (C=O) groups excluding carboxylic acids is 2. The molecule has 5 heteroatoms. The van der Waals surface area contributed by atoms with E-state index in [2.05, 4.69) is 19.2 Å². The molecule has 0 spiro atoms. The Kier molecular flexibility index (Phi) is 7.59. The molecule has 1 saturated heterocycles. The van der Waals surface area contributed by atoms with Gasteiger partial charge in [0.05, 0.1) is 5.92 Å². The second-order valence-corrected chi connectivity index (χ2v) is 5.71. The minimum absolute atomic E-state index is 0.0510.